The van der Waals surface area contributed by atoms with Gasteiger partial charge in [0.25, 0.3) is 0 Å². The molecule has 1 amide bonds. The number of aryl methyl sites for hydroxylation is 1. The van der Waals surface area contributed by atoms with Crippen LogP contribution in [0.4, 0.5) is 5.82 Å². The van der Waals surface area contributed by atoms with Crippen molar-refractivity contribution in [3.8, 4) is 11.3 Å². The summed E-state index contributed by atoms with van der Waals surface area (Å²) in [4.78, 5) is 16.2. The second-order valence-electron chi connectivity index (χ2n) is 5.42. The predicted molar refractivity (Wildman–Crippen MR) is 85.2 cm³/mol. The number of anilines is 1. The van der Waals surface area contributed by atoms with Gasteiger partial charge in [-0.05, 0) is 35.9 Å². The molecule has 1 aliphatic heterocycles. The maximum atomic E-state index is 12.1. The number of amides is 1. The topological polar surface area (TPSA) is 73.0 Å². The lowest BCUT2D eigenvalue weighted by atomic mass is 9.88. The molecule has 0 fully saturated rings. The van der Waals surface area contributed by atoms with Crippen LogP contribution in [0, 0.1) is 0 Å². The van der Waals surface area contributed by atoms with E-state index in [4.69, 9.17) is 16.0 Å². The van der Waals surface area contributed by atoms with Crippen molar-refractivity contribution < 1.29 is 9.21 Å². The van der Waals surface area contributed by atoms with Crippen LogP contribution in [-0.4, -0.2) is 20.7 Å². The molecule has 0 aromatic carbocycles. The summed E-state index contributed by atoms with van der Waals surface area (Å²) in [5.41, 5.74) is 2.60. The minimum atomic E-state index is -0.227. The van der Waals surface area contributed by atoms with Crippen LogP contribution in [-0.2, 0) is 11.8 Å². The quantitative estimate of drug-likeness (QED) is 0.784. The highest BCUT2D eigenvalue weighted by Crippen LogP contribution is 2.43. The molecular weight excluding hydrogens is 316 g/mol. The monoisotopic (exact) mass is 328 g/mol. The highest BCUT2D eigenvalue weighted by Gasteiger charge is 2.35. The van der Waals surface area contributed by atoms with E-state index in [0.717, 1.165) is 16.8 Å². The zero-order chi connectivity index (χ0) is 16.0. The van der Waals surface area contributed by atoms with Crippen molar-refractivity contribution in [1.29, 1.82) is 0 Å². The molecule has 3 aromatic rings. The summed E-state index contributed by atoms with van der Waals surface area (Å²) < 4.78 is 7.23. The number of hydrogen-bond acceptors (Lipinski definition) is 4. The number of aromatic nitrogens is 3. The van der Waals surface area contributed by atoms with Crippen LogP contribution in [0.1, 0.15) is 23.7 Å². The smallest absolute Gasteiger partial charge is 0.226 e. The normalized spacial score (nSPS) is 17.0. The number of carbonyl (C=O) groups excluding carboxylic acids is 1. The fourth-order valence-electron chi connectivity index (χ4n) is 2.96. The zero-order valence-electron chi connectivity index (χ0n) is 12.3. The second-order valence-corrected chi connectivity index (χ2v) is 5.80. The number of furan rings is 1. The molecule has 4 heterocycles. The van der Waals surface area contributed by atoms with Gasteiger partial charge in [0, 0.05) is 37.0 Å². The maximum absolute atomic E-state index is 12.1. The molecule has 0 spiro atoms. The van der Waals surface area contributed by atoms with Gasteiger partial charge in [0.05, 0.1) is 5.92 Å². The van der Waals surface area contributed by atoms with Gasteiger partial charge in [-0.2, -0.15) is 5.10 Å². The Hall–Kier alpha value is -2.60. The Bertz CT molecular complexity index is 885. The number of pyridine rings is 1. The van der Waals surface area contributed by atoms with E-state index in [0.29, 0.717) is 16.8 Å². The van der Waals surface area contributed by atoms with Gasteiger partial charge in [0.15, 0.2) is 5.22 Å². The third-order valence-electron chi connectivity index (χ3n) is 3.95. The third-order valence-corrected chi connectivity index (χ3v) is 4.16. The minimum Gasteiger partial charge on any atom is -0.449 e. The van der Waals surface area contributed by atoms with Crippen molar-refractivity contribution in [3.05, 3.63) is 53.2 Å². The SMILES string of the molecule is Cn1nc(-c2cccnc2)c2c1NC(=O)CC2c1ccc(Cl)o1. The highest BCUT2D eigenvalue weighted by molar-refractivity contribution is 6.28. The van der Waals surface area contributed by atoms with Crippen molar-refractivity contribution in [2.24, 2.45) is 7.05 Å². The van der Waals surface area contributed by atoms with E-state index in [-0.39, 0.29) is 18.2 Å². The lowest BCUT2D eigenvalue weighted by Crippen LogP contribution is -2.24. The lowest BCUT2D eigenvalue weighted by molar-refractivity contribution is -0.116. The fourth-order valence-corrected chi connectivity index (χ4v) is 3.12. The summed E-state index contributed by atoms with van der Waals surface area (Å²) in [6, 6.07) is 7.29. The molecule has 0 bridgehead atoms. The van der Waals surface area contributed by atoms with Gasteiger partial charge in [-0.15, -0.1) is 0 Å². The molecule has 0 radical (unpaired) electrons. The summed E-state index contributed by atoms with van der Waals surface area (Å²) >= 11 is 5.91. The number of rotatable bonds is 2. The number of hydrogen-bond donors (Lipinski definition) is 1. The van der Waals surface area contributed by atoms with E-state index in [1.54, 1.807) is 36.3 Å². The molecule has 0 saturated carbocycles. The van der Waals surface area contributed by atoms with E-state index in [2.05, 4.69) is 15.4 Å². The number of nitrogens with one attached hydrogen (secondary N) is 1. The zero-order valence-corrected chi connectivity index (χ0v) is 13.0. The molecule has 6 nitrogen and oxygen atoms in total. The van der Waals surface area contributed by atoms with Gasteiger partial charge < -0.3 is 9.73 Å². The van der Waals surface area contributed by atoms with Crippen molar-refractivity contribution in [1.82, 2.24) is 14.8 Å². The lowest BCUT2D eigenvalue weighted by Gasteiger charge is -2.22. The van der Waals surface area contributed by atoms with Crippen molar-refractivity contribution in [2.45, 2.75) is 12.3 Å². The summed E-state index contributed by atoms with van der Waals surface area (Å²) in [6.07, 6.45) is 3.76. The molecule has 1 N–H and O–H groups in total. The molecule has 7 heteroatoms. The first kappa shape index (κ1) is 14.0. The van der Waals surface area contributed by atoms with Crippen LogP contribution in [0.25, 0.3) is 11.3 Å². The molecule has 1 aliphatic rings. The van der Waals surface area contributed by atoms with Gasteiger partial charge in [-0.1, -0.05) is 0 Å². The first-order valence-electron chi connectivity index (χ1n) is 7.16. The minimum absolute atomic E-state index is 0.0734. The highest BCUT2D eigenvalue weighted by atomic mass is 35.5. The van der Waals surface area contributed by atoms with E-state index in [1.165, 1.54) is 0 Å². The van der Waals surface area contributed by atoms with E-state index < -0.39 is 0 Å². The molecule has 0 saturated heterocycles. The Morgan fingerprint density at radius 3 is 2.96 bits per heavy atom. The third kappa shape index (κ3) is 2.31. The van der Waals surface area contributed by atoms with Gasteiger partial charge >= 0.3 is 0 Å². The van der Waals surface area contributed by atoms with Crippen molar-refractivity contribution in [2.75, 3.05) is 5.32 Å². The average molecular weight is 329 g/mol. The van der Waals surface area contributed by atoms with Gasteiger partial charge in [-0.25, -0.2) is 0 Å². The first-order valence-corrected chi connectivity index (χ1v) is 7.53. The summed E-state index contributed by atoms with van der Waals surface area (Å²) in [7, 11) is 1.80. The van der Waals surface area contributed by atoms with Crippen LogP contribution < -0.4 is 5.32 Å². The average Bonchev–Trinajstić information content (AvgIpc) is 3.12. The molecule has 1 atom stereocenters. The van der Waals surface area contributed by atoms with Crippen molar-refractivity contribution >= 4 is 23.3 Å². The summed E-state index contributed by atoms with van der Waals surface area (Å²) in [5, 5.41) is 7.76. The van der Waals surface area contributed by atoms with Gasteiger partial charge in [0.1, 0.15) is 17.3 Å². The Labute approximate surface area is 137 Å². The maximum Gasteiger partial charge on any atom is 0.226 e. The Morgan fingerprint density at radius 2 is 2.26 bits per heavy atom. The summed E-state index contributed by atoms with van der Waals surface area (Å²) in [6.45, 7) is 0. The Balaban J connectivity index is 1.93. The van der Waals surface area contributed by atoms with E-state index >= 15 is 0 Å². The largest absolute Gasteiger partial charge is 0.449 e. The standard InChI is InChI=1S/C16H13ClN4O2/c1-21-16-14(15(20-21)9-3-2-6-18-8-9)10(7-13(22)19-16)11-4-5-12(17)23-11/h2-6,8,10H,7H2,1H3,(H,19,22). The Morgan fingerprint density at radius 1 is 1.39 bits per heavy atom. The molecule has 0 aliphatic carbocycles. The Kier molecular flexibility index (Phi) is 3.20. The number of halogens is 1. The van der Waals surface area contributed by atoms with Crippen molar-refractivity contribution in [3.63, 3.8) is 0 Å². The molecule has 23 heavy (non-hydrogen) atoms. The molecule has 116 valence electrons. The van der Waals surface area contributed by atoms with E-state index in [1.807, 2.05) is 12.1 Å². The predicted octanol–water partition coefficient (Wildman–Crippen LogP) is 3.20. The molecule has 4 rings (SSSR count). The number of fused-ring (bicyclic) bond motifs is 1. The fraction of sp³-hybridized carbons (Fsp3) is 0.188. The summed E-state index contributed by atoms with van der Waals surface area (Å²) in [5.74, 6) is 1.03. The van der Waals surface area contributed by atoms with Crippen LogP contribution in [0.15, 0.2) is 41.1 Å². The molecular formula is C16H13ClN4O2. The number of nitrogens with zero attached hydrogens (tertiary/aromatic N) is 3. The molecule has 1 unspecified atom stereocenters. The van der Waals surface area contributed by atoms with Crippen LogP contribution in [0.3, 0.4) is 0 Å². The van der Waals surface area contributed by atoms with Crippen LogP contribution in [0.2, 0.25) is 5.22 Å². The number of carbonyl (C=O) groups is 1. The van der Waals surface area contributed by atoms with Crippen LogP contribution >= 0.6 is 11.6 Å². The van der Waals surface area contributed by atoms with Gasteiger partial charge in [0.2, 0.25) is 5.91 Å². The van der Waals surface area contributed by atoms with Gasteiger partial charge in [-0.3, -0.25) is 14.5 Å². The first-order chi connectivity index (χ1) is 11.1. The van der Waals surface area contributed by atoms with E-state index in [9.17, 15) is 4.79 Å². The molecule has 3 aromatic heterocycles. The van der Waals surface area contributed by atoms with Crippen LogP contribution in [0.5, 0.6) is 0 Å². The second kappa shape index (κ2) is 5.24.